The summed E-state index contributed by atoms with van der Waals surface area (Å²) in [4.78, 5) is 17.4. The molecule has 0 spiro atoms. The zero-order valence-electron chi connectivity index (χ0n) is 15.7. The van der Waals surface area contributed by atoms with Crippen LogP contribution in [0.2, 0.25) is 0 Å². The van der Waals surface area contributed by atoms with Gasteiger partial charge in [0.2, 0.25) is 10.0 Å². The van der Waals surface area contributed by atoms with Gasteiger partial charge in [0.05, 0.1) is 16.1 Å². The lowest BCUT2D eigenvalue weighted by Gasteiger charge is -2.18. The third kappa shape index (κ3) is 4.49. The molecule has 1 N–H and O–H groups in total. The Morgan fingerprint density at radius 3 is 2.19 bits per heavy atom. The first-order chi connectivity index (χ1) is 12.1. The molecule has 6 nitrogen and oxygen atoms in total. The first-order valence-corrected chi connectivity index (χ1v) is 10.7. The van der Waals surface area contributed by atoms with E-state index in [4.69, 9.17) is 0 Å². The highest BCUT2D eigenvalue weighted by Gasteiger charge is 2.22. The molecule has 2 rings (SSSR count). The molecule has 0 fully saturated rings. The van der Waals surface area contributed by atoms with E-state index in [0.29, 0.717) is 23.7 Å². The van der Waals surface area contributed by atoms with E-state index < -0.39 is 10.0 Å². The second kappa shape index (κ2) is 7.85. The Bertz CT molecular complexity index is 862. The molecule has 1 heterocycles. The first kappa shape index (κ1) is 20.5. The number of hydrogen-bond acceptors (Lipinski definition) is 5. The summed E-state index contributed by atoms with van der Waals surface area (Å²) in [5.41, 5.74) is 0.433. The summed E-state index contributed by atoms with van der Waals surface area (Å²) in [7, 11) is -3.50. The first-order valence-electron chi connectivity index (χ1n) is 8.47. The van der Waals surface area contributed by atoms with Gasteiger partial charge in [0.1, 0.15) is 4.88 Å². The third-order valence-corrected chi connectivity index (χ3v) is 7.31. The molecule has 0 aliphatic rings. The number of carbonyl (C=O) groups excluding carboxylic acids is 1. The van der Waals surface area contributed by atoms with Crippen molar-refractivity contribution in [2.24, 2.45) is 0 Å². The van der Waals surface area contributed by atoms with Gasteiger partial charge in [-0.15, -0.1) is 11.3 Å². The number of benzene rings is 1. The zero-order valence-corrected chi connectivity index (χ0v) is 17.4. The van der Waals surface area contributed by atoms with Crippen LogP contribution in [0.5, 0.6) is 0 Å². The van der Waals surface area contributed by atoms with Crippen molar-refractivity contribution in [2.75, 3.05) is 18.4 Å². The molecule has 0 saturated carbocycles. The molecule has 142 valence electrons. The largest absolute Gasteiger partial charge is 0.321 e. The van der Waals surface area contributed by atoms with E-state index in [0.717, 1.165) is 5.01 Å². The minimum atomic E-state index is -3.50. The quantitative estimate of drug-likeness (QED) is 0.808. The smallest absolute Gasteiger partial charge is 0.267 e. The fourth-order valence-electron chi connectivity index (χ4n) is 2.34. The molecule has 0 bridgehead atoms. The Morgan fingerprint density at radius 1 is 1.15 bits per heavy atom. The second-order valence-electron chi connectivity index (χ2n) is 6.85. The molecule has 0 unspecified atom stereocenters. The van der Waals surface area contributed by atoms with Crippen molar-refractivity contribution >= 4 is 33.0 Å². The molecule has 1 amide bonds. The number of anilines is 1. The van der Waals surface area contributed by atoms with Gasteiger partial charge < -0.3 is 5.32 Å². The molecule has 0 aliphatic heterocycles. The van der Waals surface area contributed by atoms with Crippen molar-refractivity contribution in [3.8, 4) is 0 Å². The van der Waals surface area contributed by atoms with E-state index in [1.54, 1.807) is 32.2 Å². The molecule has 26 heavy (non-hydrogen) atoms. The number of thiazole rings is 1. The van der Waals surface area contributed by atoms with Crippen molar-refractivity contribution in [3.05, 3.63) is 40.3 Å². The van der Waals surface area contributed by atoms with Crippen molar-refractivity contribution in [3.63, 3.8) is 0 Å². The van der Waals surface area contributed by atoms with Crippen molar-refractivity contribution in [1.29, 1.82) is 0 Å². The Hall–Kier alpha value is -1.77. The topological polar surface area (TPSA) is 79.4 Å². The minimum absolute atomic E-state index is 0.108. The highest BCUT2D eigenvalue weighted by atomic mass is 32.2. The van der Waals surface area contributed by atoms with Crippen LogP contribution in [0.15, 0.2) is 35.4 Å². The maximum Gasteiger partial charge on any atom is 0.267 e. The third-order valence-electron chi connectivity index (χ3n) is 3.83. The highest BCUT2D eigenvalue weighted by molar-refractivity contribution is 7.89. The van der Waals surface area contributed by atoms with Crippen LogP contribution >= 0.6 is 11.3 Å². The van der Waals surface area contributed by atoms with Crippen LogP contribution in [0.3, 0.4) is 0 Å². The minimum Gasteiger partial charge on any atom is -0.321 e. The fraction of sp³-hybridized carbons (Fsp3) is 0.444. The van der Waals surface area contributed by atoms with E-state index in [2.05, 4.69) is 10.3 Å². The summed E-state index contributed by atoms with van der Waals surface area (Å²) in [5, 5.41) is 3.67. The van der Waals surface area contributed by atoms with E-state index >= 15 is 0 Å². The maximum atomic E-state index is 12.5. The van der Waals surface area contributed by atoms with E-state index in [-0.39, 0.29) is 16.2 Å². The molecule has 0 atom stereocenters. The van der Waals surface area contributed by atoms with Crippen LogP contribution < -0.4 is 5.32 Å². The molecule has 2 aromatic rings. The SMILES string of the molecule is CCN(CC)S(=O)(=O)c1ccc(NC(=O)c2cnc(C(C)(C)C)s2)cc1. The Morgan fingerprint density at radius 2 is 1.73 bits per heavy atom. The predicted octanol–water partition coefficient (Wildman–Crippen LogP) is 3.72. The monoisotopic (exact) mass is 395 g/mol. The molecule has 0 radical (unpaired) electrons. The average Bonchev–Trinajstić information content (AvgIpc) is 3.06. The van der Waals surface area contributed by atoms with Crippen LogP contribution in [0.4, 0.5) is 5.69 Å². The Balaban J connectivity index is 2.14. The van der Waals surface area contributed by atoms with Crippen LogP contribution in [-0.4, -0.2) is 36.7 Å². The number of rotatable bonds is 6. The molecular formula is C18H25N3O3S2. The Kier molecular flexibility index (Phi) is 6.21. The van der Waals surface area contributed by atoms with Crippen LogP contribution in [0.25, 0.3) is 0 Å². The van der Waals surface area contributed by atoms with E-state index in [1.807, 2.05) is 20.8 Å². The molecule has 1 aromatic heterocycles. The van der Waals surface area contributed by atoms with Crippen molar-refractivity contribution in [2.45, 2.75) is 44.9 Å². The van der Waals surface area contributed by atoms with Gasteiger partial charge in [0.25, 0.3) is 5.91 Å². The van der Waals surface area contributed by atoms with Gasteiger partial charge in [-0.05, 0) is 24.3 Å². The van der Waals surface area contributed by atoms with Gasteiger partial charge in [0, 0.05) is 24.2 Å². The summed E-state index contributed by atoms with van der Waals surface area (Å²) in [6.45, 7) is 10.6. The molecule has 0 aliphatic carbocycles. The predicted molar refractivity (Wildman–Crippen MR) is 105 cm³/mol. The average molecular weight is 396 g/mol. The highest BCUT2D eigenvalue weighted by Crippen LogP contribution is 2.27. The number of nitrogens with zero attached hydrogens (tertiary/aromatic N) is 2. The normalized spacial score (nSPS) is 12.4. The van der Waals surface area contributed by atoms with E-state index in [1.165, 1.54) is 27.8 Å². The lowest BCUT2D eigenvalue weighted by molar-refractivity contribution is 0.103. The second-order valence-corrected chi connectivity index (χ2v) is 9.82. The molecule has 8 heteroatoms. The number of aromatic nitrogens is 1. The van der Waals surface area contributed by atoms with Crippen LogP contribution in [0, 0.1) is 0 Å². The summed E-state index contributed by atoms with van der Waals surface area (Å²) >= 11 is 1.36. The number of sulfonamides is 1. The standard InChI is InChI=1S/C18H25N3O3S2/c1-6-21(7-2)26(23,24)14-10-8-13(9-11-14)20-16(22)15-12-19-17(25-15)18(3,4)5/h8-12H,6-7H2,1-5H3,(H,20,22). The number of nitrogens with one attached hydrogen (secondary N) is 1. The van der Waals surface area contributed by atoms with Gasteiger partial charge in [-0.25, -0.2) is 13.4 Å². The molecule has 0 saturated heterocycles. The van der Waals surface area contributed by atoms with E-state index in [9.17, 15) is 13.2 Å². The molecule has 1 aromatic carbocycles. The summed E-state index contributed by atoms with van der Waals surface area (Å²) in [6.07, 6.45) is 1.57. The lowest BCUT2D eigenvalue weighted by atomic mass is 9.98. The van der Waals surface area contributed by atoms with Gasteiger partial charge in [-0.2, -0.15) is 4.31 Å². The van der Waals surface area contributed by atoms with Gasteiger partial charge in [-0.3, -0.25) is 4.79 Å². The summed E-state index contributed by atoms with van der Waals surface area (Å²) < 4.78 is 26.4. The summed E-state index contributed by atoms with van der Waals surface area (Å²) in [6, 6.07) is 6.22. The van der Waals surface area contributed by atoms with Crippen molar-refractivity contribution in [1.82, 2.24) is 9.29 Å². The molecular weight excluding hydrogens is 370 g/mol. The van der Waals surface area contributed by atoms with Crippen molar-refractivity contribution < 1.29 is 13.2 Å². The fourth-order valence-corrected chi connectivity index (χ4v) is 4.67. The van der Waals surface area contributed by atoms with Gasteiger partial charge in [0.15, 0.2) is 0 Å². The maximum absolute atomic E-state index is 12.5. The van der Waals surface area contributed by atoms with Crippen LogP contribution in [0.1, 0.15) is 49.3 Å². The lowest BCUT2D eigenvalue weighted by Crippen LogP contribution is -2.30. The number of amides is 1. The number of hydrogen-bond donors (Lipinski definition) is 1. The summed E-state index contributed by atoms with van der Waals surface area (Å²) in [5.74, 6) is -0.252. The zero-order chi connectivity index (χ0) is 19.5. The van der Waals surface area contributed by atoms with Gasteiger partial charge >= 0.3 is 0 Å². The Labute approximate surface area is 159 Å². The number of carbonyl (C=O) groups is 1. The van der Waals surface area contributed by atoms with Gasteiger partial charge in [-0.1, -0.05) is 34.6 Å². The van der Waals surface area contributed by atoms with Crippen LogP contribution in [-0.2, 0) is 15.4 Å².